The van der Waals surface area contributed by atoms with Crippen molar-refractivity contribution in [1.82, 2.24) is 14.6 Å². The molecule has 0 unspecified atom stereocenters. The van der Waals surface area contributed by atoms with Gasteiger partial charge in [0.25, 0.3) is 5.56 Å². The fraction of sp³-hybridized carbons (Fsp3) is 0.150. The average molecular weight is 458 g/mol. The number of ether oxygens (including phenoxy) is 2. The van der Waals surface area contributed by atoms with Crippen molar-refractivity contribution in [1.29, 1.82) is 0 Å². The molecule has 0 amide bonds. The molecule has 2 heterocycles. The molecule has 0 radical (unpaired) electrons. The highest BCUT2D eigenvalue weighted by Crippen LogP contribution is 2.28. The Balaban J connectivity index is 1.74. The van der Waals surface area contributed by atoms with E-state index in [4.69, 9.17) is 9.47 Å². The lowest BCUT2D eigenvalue weighted by Crippen LogP contribution is -2.23. The summed E-state index contributed by atoms with van der Waals surface area (Å²) in [5, 5.41) is 4.37. The molecule has 0 N–H and O–H groups in total. The summed E-state index contributed by atoms with van der Waals surface area (Å²) < 4.78 is 13.8. The minimum Gasteiger partial charge on any atom is -0.493 e. The molecule has 28 heavy (non-hydrogen) atoms. The van der Waals surface area contributed by atoms with E-state index in [1.165, 1.54) is 15.9 Å². The molecule has 0 aliphatic rings. The predicted molar refractivity (Wildman–Crippen MR) is 113 cm³/mol. The van der Waals surface area contributed by atoms with E-state index in [1.54, 1.807) is 13.2 Å². The number of aromatic nitrogens is 3. The maximum Gasteiger partial charge on any atom is 0.291 e. The van der Waals surface area contributed by atoms with Crippen molar-refractivity contribution < 1.29 is 9.47 Å². The lowest BCUT2D eigenvalue weighted by Gasteiger charge is -2.09. The number of halogens is 1. The predicted octanol–water partition coefficient (Wildman–Crippen LogP) is 3.54. The zero-order valence-electron chi connectivity index (χ0n) is 15.2. The van der Waals surface area contributed by atoms with Crippen LogP contribution in [0.1, 0.15) is 12.5 Å². The number of thiazole rings is 1. The van der Waals surface area contributed by atoms with Crippen molar-refractivity contribution in [2.24, 2.45) is 0 Å². The Morgan fingerprint density at radius 3 is 2.64 bits per heavy atom. The first-order valence-corrected chi connectivity index (χ1v) is 10.2. The third kappa shape index (κ3) is 3.53. The molecule has 8 heteroatoms. The fourth-order valence-corrected chi connectivity index (χ4v) is 3.93. The Hall–Kier alpha value is -2.71. The van der Waals surface area contributed by atoms with Crippen LogP contribution in [0.25, 0.3) is 22.4 Å². The summed E-state index contributed by atoms with van der Waals surface area (Å²) in [5.74, 6) is 1.83. The zero-order valence-corrected chi connectivity index (χ0v) is 17.6. The van der Waals surface area contributed by atoms with Gasteiger partial charge in [0.2, 0.25) is 4.96 Å². The van der Waals surface area contributed by atoms with E-state index in [9.17, 15) is 4.79 Å². The molecule has 4 rings (SSSR count). The molecule has 142 valence electrons. The molecule has 0 atom stereocenters. The van der Waals surface area contributed by atoms with Gasteiger partial charge in [0.1, 0.15) is 0 Å². The van der Waals surface area contributed by atoms with Gasteiger partial charge in [0, 0.05) is 10.0 Å². The molecule has 0 saturated heterocycles. The van der Waals surface area contributed by atoms with Crippen molar-refractivity contribution in [3.05, 3.63) is 67.4 Å². The molecule has 0 saturated carbocycles. The quantitative estimate of drug-likeness (QED) is 0.458. The number of methoxy groups -OCH3 is 1. The Bertz CT molecular complexity index is 1250. The van der Waals surface area contributed by atoms with Gasteiger partial charge in [-0.3, -0.25) is 4.79 Å². The first-order valence-electron chi connectivity index (χ1n) is 8.57. The monoisotopic (exact) mass is 457 g/mol. The van der Waals surface area contributed by atoms with Crippen LogP contribution >= 0.6 is 27.3 Å². The van der Waals surface area contributed by atoms with Crippen molar-refractivity contribution in [3.63, 3.8) is 0 Å². The van der Waals surface area contributed by atoms with E-state index in [1.807, 2.05) is 49.4 Å². The fourth-order valence-electron chi connectivity index (χ4n) is 2.76. The first-order chi connectivity index (χ1) is 13.6. The number of nitrogens with zero attached hydrogens (tertiary/aromatic N) is 3. The highest BCUT2D eigenvalue weighted by Gasteiger charge is 2.12. The topological polar surface area (TPSA) is 65.7 Å². The maximum atomic E-state index is 12.7. The lowest BCUT2D eigenvalue weighted by atomic mass is 10.2. The standard InChI is InChI=1S/C20H16BrN3O3S/c1-3-27-15-9-4-12(10-16(15)26-2)11-17-19(25)24-20(28-17)22-18(23-24)13-5-7-14(21)8-6-13/h4-11H,3H2,1-2H3/b17-11-. The van der Waals surface area contributed by atoms with E-state index in [0.29, 0.717) is 33.4 Å². The largest absolute Gasteiger partial charge is 0.493 e. The maximum absolute atomic E-state index is 12.7. The summed E-state index contributed by atoms with van der Waals surface area (Å²) in [6, 6.07) is 13.2. The van der Waals surface area contributed by atoms with Crippen LogP contribution in [0.5, 0.6) is 11.5 Å². The van der Waals surface area contributed by atoms with E-state index in [0.717, 1.165) is 15.6 Å². The average Bonchev–Trinajstić information content (AvgIpc) is 3.23. The Morgan fingerprint density at radius 2 is 1.96 bits per heavy atom. The number of rotatable bonds is 5. The van der Waals surface area contributed by atoms with Crippen LogP contribution in [0, 0.1) is 0 Å². The molecule has 6 nitrogen and oxygen atoms in total. The van der Waals surface area contributed by atoms with Gasteiger partial charge in [-0.25, -0.2) is 0 Å². The van der Waals surface area contributed by atoms with Crippen molar-refractivity contribution in [2.75, 3.05) is 13.7 Å². The Morgan fingerprint density at radius 1 is 1.18 bits per heavy atom. The second kappa shape index (κ2) is 7.73. The summed E-state index contributed by atoms with van der Waals surface area (Å²) in [6.07, 6.45) is 1.81. The van der Waals surface area contributed by atoms with Gasteiger partial charge in [0.05, 0.1) is 18.2 Å². The second-order valence-electron chi connectivity index (χ2n) is 5.90. The number of hydrogen-bond acceptors (Lipinski definition) is 6. The van der Waals surface area contributed by atoms with E-state index in [2.05, 4.69) is 26.0 Å². The Kier molecular flexibility index (Phi) is 5.15. The third-order valence-corrected chi connectivity index (χ3v) is 5.56. The SMILES string of the molecule is CCOc1ccc(/C=c2\sc3nc(-c4ccc(Br)cc4)nn3c2=O)cc1OC. The van der Waals surface area contributed by atoms with Crippen LogP contribution in [0.3, 0.4) is 0 Å². The van der Waals surface area contributed by atoms with Gasteiger partial charge in [-0.2, -0.15) is 9.50 Å². The van der Waals surface area contributed by atoms with Gasteiger partial charge in [-0.15, -0.1) is 5.10 Å². The van der Waals surface area contributed by atoms with Crippen LogP contribution in [0.2, 0.25) is 0 Å². The van der Waals surface area contributed by atoms with Crippen LogP contribution in [0.4, 0.5) is 0 Å². The van der Waals surface area contributed by atoms with Gasteiger partial charge < -0.3 is 9.47 Å². The first kappa shape index (κ1) is 18.6. The number of hydrogen-bond donors (Lipinski definition) is 0. The highest BCUT2D eigenvalue weighted by atomic mass is 79.9. The normalized spacial score (nSPS) is 11.9. The van der Waals surface area contributed by atoms with E-state index >= 15 is 0 Å². The third-order valence-electron chi connectivity index (χ3n) is 4.07. The molecule has 2 aromatic heterocycles. The summed E-state index contributed by atoms with van der Waals surface area (Å²) in [5.41, 5.74) is 1.51. The van der Waals surface area contributed by atoms with Gasteiger partial charge in [-0.1, -0.05) is 45.5 Å². The minimum atomic E-state index is -0.191. The minimum absolute atomic E-state index is 0.191. The van der Waals surface area contributed by atoms with Crippen LogP contribution in [-0.4, -0.2) is 28.3 Å². The summed E-state index contributed by atoms with van der Waals surface area (Å²) >= 11 is 4.71. The van der Waals surface area contributed by atoms with Gasteiger partial charge >= 0.3 is 0 Å². The van der Waals surface area contributed by atoms with Crippen LogP contribution in [0.15, 0.2) is 51.7 Å². The van der Waals surface area contributed by atoms with E-state index < -0.39 is 0 Å². The summed E-state index contributed by atoms with van der Waals surface area (Å²) in [7, 11) is 1.59. The molecule has 0 aliphatic carbocycles. The van der Waals surface area contributed by atoms with E-state index in [-0.39, 0.29) is 5.56 Å². The van der Waals surface area contributed by atoms with Gasteiger partial charge in [-0.05, 0) is 42.8 Å². The molecular weight excluding hydrogens is 442 g/mol. The van der Waals surface area contributed by atoms with Crippen molar-refractivity contribution in [2.45, 2.75) is 6.92 Å². The van der Waals surface area contributed by atoms with Crippen LogP contribution < -0.4 is 19.6 Å². The van der Waals surface area contributed by atoms with Crippen molar-refractivity contribution >= 4 is 38.3 Å². The van der Waals surface area contributed by atoms with Crippen LogP contribution in [-0.2, 0) is 0 Å². The molecule has 0 fully saturated rings. The zero-order chi connectivity index (χ0) is 19.7. The molecule has 2 aromatic carbocycles. The number of fused-ring (bicyclic) bond motifs is 1. The molecular formula is C20H16BrN3O3S. The van der Waals surface area contributed by atoms with Gasteiger partial charge in [0.15, 0.2) is 17.3 Å². The number of benzene rings is 2. The highest BCUT2D eigenvalue weighted by molar-refractivity contribution is 9.10. The molecule has 0 spiro atoms. The molecule has 0 aliphatic heterocycles. The Labute approximate surface area is 173 Å². The van der Waals surface area contributed by atoms with Crippen molar-refractivity contribution in [3.8, 4) is 22.9 Å². The smallest absolute Gasteiger partial charge is 0.291 e. The second-order valence-corrected chi connectivity index (χ2v) is 7.82. The molecule has 0 bridgehead atoms. The summed E-state index contributed by atoms with van der Waals surface area (Å²) in [4.78, 5) is 17.8. The molecule has 4 aromatic rings. The lowest BCUT2D eigenvalue weighted by molar-refractivity contribution is 0.311. The summed E-state index contributed by atoms with van der Waals surface area (Å²) in [6.45, 7) is 2.47.